The second-order valence-corrected chi connectivity index (χ2v) is 32.7. The second-order valence-electron chi connectivity index (χ2n) is 32.7. The molecule has 0 bridgehead atoms. The molecule has 72 nitrogen and oxygen atoms in total. The minimum atomic E-state index is -1.57. The van der Waals surface area contributed by atoms with Crippen LogP contribution in [0.25, 0.3) is 0 Å². The summed E-state index contributed by atoms with van der Waals surface area (Å²) in [5.74, 6) is 0. The molecule has 12 fully saturated rings. The zero-order valence-electron chi connectivity index (χ0n) is 74.9. The molecule has 0 aliphatic carbocycles. The predicted octanol–water partition coefficient (Wildman–Crippen LogP) is -38.7. The maximum Gasteiger partial charge on any atom is 0.184 e. The van der Waals surface area contributed by atoms with Gasteiger partial charge in [-0.25, -0.2) is 0 Å². The van der Waals surface area contributed by atoms with Gasteiger partial charge in [-0.05, 0) is 0 Å². The largest absolute Gasteiger partial charge is 0.394 e. The normalized spacial score (nSPS) is 47.0. The molecule has 12 heterocycles. The van der Waals surface area contributed by atoms with Crippen molar-refractivity contribution in [2.24, 2.45) is 0 Å². The SMILES string of the molecule is OCC1O[C@@H](O)[C@@H](O)C(O)[C@H]1O.OCC1O[C@@H](O)[C@H](O)C(O)[C@H]1O.OCC1O[C@@H](O)[C@H](O)C(O)[C@H]1O.OCC1O[C@H](O)[C@@H](O)C(O)[C@H]1O.OCC1O[C@H](O)[C@H](O)C(O)[C@H]1O.OCC1O[C@H](O)[C@H](O)C(O)[C@H]1O.OC[C@@H](O)[C@@H]1O[C@@H](O)[C@@H](O)[C@@H]1O.OC[C@@H](O)[C@@H]1O[C@@H](O)[C@@H](O)[C@H]1O.OC[C@@H](O)[C@@H]1O[C@@H](O)[C@H](O)[C@@H]1O.OC[C@@H](O)[C@@H]1O[C@H](O)[C@@H](O)[C@@H]1O.OC[C@@H](O)[C@@H]1O[C@H](O)[C@@H](O)[C@H]1O.OC[C@@H](O)[C@@H]1O[C@H](O)[C@H](O)[C@@H]1O. The van der Waals surface area contributed by atoms with Crippen molar-refractivity contribution in [1.29, 1.82) is 0 Å². The zero-order chi connectivity index (χ0) is 112. The van der Waals surface area contributed by atoms with E-state index in [9.17, 15) is 0 Å². The molecule has 12 rings (SSSR count). The Morgan fingerprint density at radius 1 is 0.111 bits per heavy atom. The van der Waals surface area contributed by atoms with Crippen molar-refractivity contribution < 1.29 is 363 Å². The summed E-state index contributed by atoms with van der Waals surface area (Å²) in [6.07, 6.45) is -82.8. The number of aliphatic hydroxyl groups excluding tert-OH is 60. The molecule has 864 valence electrons. The summed E-state index contributed by atoms with van der Waals surface area (Å²) in [5, 5.41) is 535. The molecule has 0 aromatic rings. The van der Waals surface area contributed by atoms with E-state index in [4.69, 9.17) is 306 Å². The van der Waals surface area contributed by atoms with E-state index in [1.54, 1.807) is 0 Å². The van der Waals surface area contributed by atoms with Crippen LogP contribution in [0.15, 0.2) is 0 Å². The van der Waals surface area contributed by atoms with Gasteiger partial charge in [-0.15, -0.1) is 0 Å². The van der Waals surface area contributed by atoms with Gasteiger partial charge in [0.15, 0.2) is 75.5 Å². The lowest BCUT2D eigenvalue weighted by Gasteiger charge is -2.37. The van der Waals surface area contributed by atoms with Crippen molar-refractivity contribution >= 4 is 0 Å². The summed E-state index contributed by atoms with van der Waals surface area (Å²) < 4.78 is 55.0. The van der Waals surface area contributed by atoms with Crippen LogP contribution in [0, 0.1) is 0 Å². The van der Waals surface area contributed by atoms with E-state index in [0.717, 1.165) is 0 Å². The van der Waals surface area contributed by atoms with E-state index in [2.05, 4.69) is 56.8 Å². The fourth-order valence-electron chi connectivity index (χ4n) is 13.1. The molecule has 12 unspecified atom stereocenters. The van der Waals surface area contributed by atoms with Crippen LogP contribution in [0.2, 0.25) is 0 Å². The van der Waals surface area contributed by atoms with Gasteiger partial charge in [0.25, 0.3) is 0 Å². The molecule has 72 heteroatoms. The Bertz CT molecular complexity index is 2720. The van der Waals surface area contributed by atoms with Gasteiger partial charge in [0, 0.05) is 0 Å². The molecule has 0 aromatic heterocycles. The molecule has 0 radical (unpaired) electrons. The lowest BCUT2D eigenvalue weighted by molar-refractivity contribution is -0.286. The third-order valence-corrected chi connectivity index (χ3v) is 22.3. The molecule has 12 aliphatic heterocycles. The maximum absolute atomic E-state index is 9.12. The molecule has 0 saturated carbocycles. The topological polar surface area (TPSA) is 1320 Å². The Kier molecular flexibility index (Phi) is 64.8. The number of hydrogen-bond acceptors (Lipinski definition) is 72. The van der Waals surface area contributed by atoms with Crippen molar-refractivity contribution in [2.45, 2.75) is 368 Å². The van der Waals surface area contributed by atoms with Gasteiger partial charge in [0.2, 0.25) is 0 Å². The number of aliphatic hydroxyl groups is 60. The molecule has 12 aliphatic rings. The first kappa shape index (κ1) is 139. The van der Waals surface area contributed by atoms with Gasteiger partial charge in [-0.2, -0.15) is 0 Å². The fraction of sp³-hybridized carbons (Fsp3) is 1.00. The summed E-state index contributed by atoms with van der Waals surface area (Å²) >= 11 is 0. The van der Waals surface area contributed by atoms with Gasteiger partial charge in [0.05, 0.1) is 79.3 Å². The van der Waals surface area contributed by atoms with Crippen LogP contribution in [0.5, 0.6) is 0 Å². The Hall–Kier alpha value is -2.88. The first-order valence-electron chi connectivity index (χ1n) is 42.7. The van der Waals surface area contributed by atoms with Gasteiger partial charge in [-0.1, -0.05) is 0 Å². The average Bonchev–Trinajstić information content (AvgIpc) is 1.78. The van der Waals surface area contributed by atoms with Crippen molar-refractivity contribution in [2.75, 3.05) is 79.3 Å². The second kappa shape index (κ2) is 67.0. The van der Waals surface area contributed by atoms with E-state index >= 15 is 0 Å². The lowest BCUT2D eigenvalue weighted by atomic mass is 10.00. The number of hydrogen-bond donors (Lipinski definition) is 60. The number of rotatable bonds is 18. The highest BCUT2D eigenvalue weighted by Gasteiger charge is 2.54. The van der Waals surface area contributed by atoms with Crippen molar-refractivity contribution in [1.82, 2.24) is 0 Å². The third-order valence-electron chi connectivity index (χ3n) is 22.3. The smallest absolute Gasteiger partial charge is 0.184 e. The highest BCUT2D eigenvalue weighted by molar-refractivity contribution is 4.98. The van der Waals surface area contributed by atoms with E-state index < -0.39 is 448 Å². The van der Waals surface area contributed by atoms with Crippen molar-refractivity contribution in [3.8, 4) is 0 Å². The number of ether oxygens (including phenoxy) is 12. The Balaban J connectivity index is 0.000000785. The highest BCUT2D eigenvalue weighted by atomic mass is 16.7. The van der Waals surface area contributed by atoms with Crippen molar-refractivity contribution in [3.05, 3.63) is 0 Å². The first-order chi connectivity index (χ1) is 66.9. The first-order valence-corrected chi connectivity index (χ1v) is 42.7. The minimum absolute atomic E-state index is 0.526. The third kappa shape index (κ3) is 38.9. The van der Waals surface area contributed by atoms with E-state index in [1.807, 2.05) is 0 Å². The molecular weight excluding hydrogens is 2020 g/mol. The van der Waals surface area contributed by atoms with E-state index in [-0.39, 0.29) is 0 Å². The van der Waals surface area contributed by atoms with Crippen LogP contribution in [0.1, 0.15) is 0 Å². The van der Waals surface area contributed by atoms with E-state index in [1.165, 1.54) is 0 Å². The predicted molar refractivity (Wildman–Crippen MR) is 432 cm³/mol. The van der Waals surface area contributed by atoms with Crippen LogP contribution >= 0.6 is 0 Å². The summed E-state index contributed by atoms with van der Waals surface area (Å²) in [5.41, 5.74) is 0. The Morgan fingerprint density at radius 3 is 0.264 bits per heavy atom. The summed E-state index contributed by atoms with van der Waals surface area (Å²) in [6.45, 7) is -6.73. The van der Waals surface area contributed by atoms with Crippen LogP contribution in [0.3, 0.4) is 0 Å². The van der Waals surface area contributed by atoms with Crippen LogP contribution in [0.4, 0.5) is 0 Å². The molecular formula is C72H144O72. The molecule has 60 atom stereocenters. The molecule has 0 spiro atoms. The quantitative estimate of drug-likeness (QED) is 0.0606. The highest BCUT2D eigenvalue weighted by Crippen LogP contribution is 2.31. The van der Waals surface area contributed by atoms with Gasteiger partial charge in [-0.3, -0.25) is 0 Å². The summed E-state index contributed by atoms with van der Waals surface area (Å²) in [4.78, 5) is 0. The van der Waals surface area contributed by atoms with Gasteiger partial charge < -0.3 is 363 Å². The molecule has 0 amide bonds. The monoisotopic (exact) mass is 2160 g/mol. The Labute approximate surface area is 809 Å². The van der Waals surface area contributed by atoms with E-state index in [0.29, 0.717) is 0 Å². The molecule has 60 N–H and O–H groups in total. The summed E-state index contributed by atoms with van der Waals surface area (Å²) in [7, 11) is 0. The fourth-order valence-corrected chi connectivity index (χ4v) is 13.1. The van der Waals surface area contributed by atoms with Gasteiger partial charge in [0.1, 0.15) is 293 Å². The molecule has 12 saturated heterocycles. The van der Waals surface area contributed by atoms with Gasteiger partial charge >= 0.3 is 0 Å². The Morgan fingerprint density at radius 2 is 0.194 bits per heavy atom. The standard InChI is InChI=1S/12C6H12O6/c6*7-1-2(8)5-3(9)4(10)6(11)12-5;6*7-1-2-3(8)4(9)5(10)6(11)12-2/h12*2-11H,1H2/t2-,3+,4+,5+,6+;2-,3+,4+,5+,6-;2-,3+,4-,5+,6+;2-,3+,4-,5+,6-;2-,3-,4+,5+,6+;2-,3-,4+,5+,6-;2*2?,3-,4?,5+,6+;2*2?,3-,4?,5+,6-;2?,3-,4?,5-,6+;2?,3-,4?,5-,6-/m111111000000/s1. The molecule has 144 heavy (non-hydrogen) atoms. The van der Waals surface area contributed by atoms with Crippen LogP contribution in [-0.4, -0.2) is 754 Å². The average molecular weight is 2160 g/mol. The maximum atomic E-state index is 9.12. The minimum Gasteiger partial charge on any atom is -0.394 e. The lowest BCUT2D eigenvalue weighted by Crippen LogP contribution is -2.58. The zero-order valence-corrected chi connectivity index (χ0v) is 74.9. The van der Waals surface area contributed by atoms with Crippen LogP contribution < -0.4 is 0 Å². The summed E-state index contributed by atoms with van der Waals surface area (Å²) in [6, 6.07) is 0. The van der Waals surface area contributed by atoms with Crippen molar-refractivity contribution in [3.63, 3.8) is 0 Å². The molecule has 0 aromatic carbocycles. The van der Waals surface area contributed by atoms with Crippen LogP contribution in [-0.2, 0) is 56.8 Å².